The molecule has 0 bridgehead atoms. The molecule has 0 aromatic heterocycles. The molecule has 1 aliphatic carbocycles. The van der Waals surface area contributed by atoms with E-state index in [0.29, 0.717) is 19.7 Å². The monoisotopic (exact) mass is 318 g/mol. The minimum atomic E-state index is -3.36. The molecule has 1 amide bonds. The number of hydrogen-bond acceptors (Lipinski definition) is 4. The van der Waals surface area contributed by atoms with Crippen molar-refractivity contribution in [1.82, 2.24) is 9.62 Å². The van der Waals surface area contributed by atoms with Gasteiger partial charge in [0.2, 0.25) is 15.9 Å². The van der Waals surface area contributed by atoms with Crippen molar-refractivity contribution in [2.24, 2.45) is 0 Å². The zero-order valence-electron chi connectivity index (χ0n) is 12.9. The van der Waals surface area contributed by atoms with Crippen LogP contribution in [0.15, 0.2) is 0 Å². The van der Waals surface area contributed by atoms with Crippen molar-refractivity contribution in [2.45, 2.75) is 57.6 Å². The van der Waals surface area contributed by atoms with Gasteiger partial charge < -0.3 is 9.64 Å². The molecule has 1 saturated carbocycles. The lowest BCUT2D eigenvalue weighted by atomic mass is 9.83. The molecule has 1 heterocycles. The molecule has 2 fully saturated rings. The zero-order valence-corrected chi connectivity index (χ0v) is 13.7. The molecule has 1 saturated heterocycles. The number of amides is 1. The number of rotatable bonds is 4. The van der Waals surface area contributed by atoms with Crippen molar-refractivity contribution in [3.8, 4) is 0 Å². The Balaban J connectivity index is 1.98. The maximum Gasteiger partial charge on any atom is 0.240 e. The predicted octanol–water partition coefficient (Wildman–Crippen LogP) is 0.876. The van der Waals surface area contributed by atoms with Gasteiger partial charge in [-0.3, -0.25) is 4.79 Å². The van der Waals surface area contributed by atoms with E-state index in [0.717, 1.165) is 25.7 Å². The van der Waals surface area contributed by atoms with Crippen LogP contribution in [0.4, 0.5) is 0 Å². The molecule has 0 unspecified atom stereocenters. The number of nitrogens with one attached hydrogen (secondary N) is 1. The van der Waals surface area contributed by atoms with Gasteiger partial charge in [-0.1, -0.05) is 19.3 Å². The first kappa shape index (κ1) is 16.7. The largest absolute Gasteiger partial charge is 0.371 e. The van der Waals surface area contributed by atoms with Crippen molar-refractivity contribution in [1.29, 1.82) is 0 Å². The second-order valence-corrected chi connectivity index (χ2v) is 8.14. The molecule has 0 aromatic rings. The lowest BCUT2D eigenvalue weighted by molar-refractivity contribution is -0.157. The molecule has 6 nitrogen and oxygen atoms in total. The highest BCUT2D eigenvalue weighted by atomic mass is 32.2. The summed E-state index contributed by atoms with van der Waals surface area (Å²) in [4.78, 5) is 14.2. The molecule has 7 heteroatoms. The van der Waals surface area contributed by atoms with E-state index in [9.17, 15) is 13.2 Å². The molecule has 1 spiro atoms. The Labute approximate surface area is 127 Å². The Kier molecular flexibility index (Phi) is 5.27. The third kappa shape index (κ3) is 4.17. The summed E-state index contributed by atoms with van der Waals surface area (Å²) in [6, 6.07) is -0.714. The zero-order chi connectivity index (χ0) is 15.5. The van der Waals surface area contributed by atoms with E-state index in [2.05, 4.69) is 4.72 Å². The maximum absolute atomic E-state index is 12.5. The summed E-state index contributed by atoms with van der Waals surface area (Å²) in [5.74, 6) is -0.169. The van der Waals surface area contributed by atoms with Crippen molar-refractivity contribution in [3.05, 3.63) is 0 Å². The van der Waals surface area contributed by atoms with E-state index in [1.807, 2.05) is 0 Å². The third-order valence-electron chi connectivity index (χ3n) is 4.43. The molecule has 2 rings (SSSR count). The van der Waals surface area contributed by atoms with Gasteiger partial charge in [-0.15, -0.1) is 0 Å². The maximum atomic E-state index is 12.5. The summed E-state index contributed by atoms with van der Waals surface area (Å²) in [6.07, 6.45) is 5.49. The lowest BCUT2D eigenvalue weighted by Gasteiger charge is -2.45. The quantitative estimate of drug-likeness (QED) is 0.835. The van der Waals surface area contributed by atoms with Crippen LogP contribution in [0.2, 0.25) is 0 Å². The minimum absolute atomic E-state index is 0.0162. The van der Waals surface area contributed by atoms with Crippen LogP contribution >= 0.6 is 0 Å². The van der Waals surface area contributed by atoms with Gasteiger partial charge in [-0.05, 0) is 26.7 Å². The second-order valence-electron chi connectivity index (χ2n) is 6.09. The third-order valence-corrected chi connectivity index (χ3v) is 5.90. The molecule has 0 radical (unpaired) electrons. The first-order valence-electron chi connectivity index (χ1n) is 7.80. The fraction of sp³-hybridized carbons (Fsp3) is 0.929. The van der Waals surface area contributed by atoms with E-state index in [1.165, 1.54) is 6.42 Å². The summed E-state index contributed by atoms with van der Waals surface area (Å²) in [5.41, 5.74) is -0.199. The number of carbonyl (C=O) groups is 1. The molecule has 1 atom stereocenters. The van der Waals surface area contributed by atoms with Crippen LogP contribution in [0, 0.1) is 0 Å². The highest BCUT2D eigenvalue weighted by molar-refractivity contribution is 7.89. The van der Waals surface area contributed by atoms with E-state index in [1.54, 1.807) is 18.7 Å². The Morgan fingerprint density at radius 3 is 2.62 bits per heavy atom. The SMILES string of the molecule is CCS(=O)(=O)N[C@@H](C)C(=O)N1CCOC2(CCCCC2)C1. The Morgan fingerprint density at radius 2 is 2.00 bits per heavy atom. The lowest BCUT2D eigenvalue weighted by Crippen LogP contribution is -2.58. The molecule has 0 aromatic carbocycles. The number of hydrogen-bond donors (Lipinski definition) is 1. The Hall–Kier alpha value is -0.660. The molecular formula is C14H26N2O4S. The van der Waals surface area contributed by atoms with Gasteiger partial charge in [0.1, 0.15) is 0 Å². The second kappa shape index (κ2) is 6.62. The number of ether oxygens (including phenoxy) is 1. The first-order valence-corrected chi connectivity index (χ1v) is 9.45. The van der Waals surface area contributed by atoms with Gasteiger partial charge in [-0.25, -0.2) is 13.1 Å². The standard InChI is InChI=1S/C14H26N2O4S/c1-3-21(18,19)15-12(2)13(17)16-9-10-20-14(11-16)7-5-4-6-8-14/h12,15H,3-11H2,1-2H3/t12-/m0/s1. The van der Waals surface area contributed by atoms with Crippen LogP contribution in [0.25, 0.3) is 0 Å². The van der Waals surface area contributed by atoms with Gasteiger partial charge >= 0.3 is 0 Å². The molecular weight excluding hydrogens is 292 g/mol. The molecule has 1 aliphatic heterocycles. The van der Waals surface area contributed by atoms with Crippen LogP contribution in [0.3, 0.4) is 0 Å². The van der Waals surface area contributed by atoms with Gasteiger partial charge in [0.25, 0.3) is 0 Å². The van der Waals surface area contributed by atoms with Gasteiger partial charge in [0.15, 0.2) is 0 Å². The fourth-order valence-electron chi connectivity index (χ4n) is 3.21. The molecule has 21 heavy (non-hydrogen) atoms. The van der Waals surface area contributed by atoms with E-state index < -0.39 is 16.1 Å². The molecule has 2 aliphatic rings. The highest BCUT2D eigenvalue weighted by Crippen LogP contribution is 2.34. The predicted molar refractivity (Wildman–Crippen MR) is 80.4 cm³/mol. The van der Waals surface area contributed by atoms with Crippen LogP contribution in [0.1, 0.15) is 46.0 Å². The van der Waals surface area contributed by atoms with Crippen molar-refractivity contribution >= 4 is 15.9 Å². The number of sulfonamides is 1. The van der Waals surface area contributed by atoms with Crippen molar-refractivity contribution in [3.63, 3.8) is 0 Å². The summed E-state index contributed by atoms with van der Waals surface area (Å²) >= 11 is 0. The van der Waals surface area contributed by atoms with Crippen molar-refractivity contribution in [2.75, 3.05) is 25.4 Å². The average Bonchev–Trinajstić information content (AvgIpc) is 2.47. The summed E-state index contributed by atoms with van der Waals surface area (Å²) < 4.78 is 31.6. The summed E-state index contributed by atoms with van der Waals surface area (Å²) in [7, 11) is -3.36. The normalized spacial score (nSPS) is 24.0. The number of carbonyl (C=O) groups excluding carboxylic acids is 1. The van der Waals surface area contributed by atoms with Crippen molar-refractivity contribution < 1.29 is 17.9 Å². The van der Waals surface area contributed by atoms with Gasteiger partial charge in [0, 0.05) is 13.1 Å². The van der Waals surface area contributed by atoms with Crippen LogP contribution in [0.5, 0.6) is 0 Å². The van der Waals surface area contributed by atoms with Gasteiger partial charge in [0.05, 0.1) is 24.0 Å². The first-order chi connectivity index (χ1) is 9.87. The van der Waals surface area contributed by atoms with Crippen LogP contribution in [-0.2, 0) is 19.6 Å². The van der Waals surface area contributed by atoms with E-state index in [-0.39, 0.29) is 17.3 Å². The number of morpholine rings is 1. The highest BCUT2D eigenvalue weighted by Gasteiger charge is 2.40. The molecule has 1 N–H and O–H groups in total. The van der Waals surface area contributed by atoms with E-state index >= 15 is 0 Å². The van der Waals surface area contributed by atoms with Crippen LogP contribution < -0.4 is 4.72 Å². The number of nitrogens with zero attached hydrogens (tertiary/aromatic N) is 1. The minimum Gasteiger partial charge on any atom is -0.371 e. The summed E-state index contributed by atoms with van der Waals surface area (Å²) in [6.45, 7) is 4.84. The Bertz CT molecular complexity index is 466. The average molecular weight is 318 g/mol. The summed E-state index contributed by atoms with van der Waals surface area (Å²) in [5, 5.41) is 0. The topological polar surface area (TPSA) is 75.7 Å². The van der Waals surface area contributed by atoms with Gasteiger partial charge in [-0.2, -0.15) is 0 Å². The van der Waals surface area contributed by atoms with Crippen LogP contribution in [-0.4, -0.2) is 56.3 Å². The Morgan fingerprint density at radius 1 is 1.33 bits per heavy atom. The fourth-order valence-corrected chi connectivity index (χ4v) is 4.01. The smallest absolute Gasteiger partial charge is 0.240 e. The van der Waals surface area contributed by atoms with E-state index in [4.69, 9.17) is 4.74 Å². The molecule has 122 valence electrons.